The first-order valence-corrected chi connectivity index (χ1v) is 9.54. The Hall–Kier alpha value is -2.64. The van der Waals surface area contributed by atoms with Gasteiger partial charge in [-0.05, 0) is 43.7 Å². The van der Waals surface area contributed by atoms with Crippen LogP contribution in [0.3, 0.4) is 0 Å². The molecule has 3 heterocycles. The Bertz CT molecular complexity index is 978. The van der Waals surface area contributed by atoms with E-state index in [-0.39, 0.29) is 0 Å². The first-order valence-electron chi connectivity index (χ1n) is 8.72. The molecule has 138 valence electrons. The maximum absolute atomic E-state index is 5.42. The van der Waals surface area contributed by atoms with Crippen LogP contribution in [0.2, 0.25) is 0 Å². The van der Waals surface area contributed by atoms with E-state index in [9.17, 15) is 0 Å². The smallest absolute Gasteiger partial charge is 0.168 e. The number of fused-ring (bicyclic) bond motifs is 2. The van der Waals surface area contributed by atoms with E-state index in [4.69, 9.17) is 4.74 Å². The zero-order chi connectivity index (χ0) is 18.8. The lowest BCUT2D eigenvalue weighted by atomic mass is 10.1. The van der Waals surface area contributed by atoms with Crippen LogP contribution in [0.5, 0.6) is 0 Å². The highest BCUT2D eigenvalue weighted by Gasteiger charge is 2.25. The number of hydrogen-bond donors (Lipinski definition) is 1. The fraction of sp³-hybridized carbons (Fsp3) is 0.250. The van der Waals surface area contributed by atoms with Gasteiger partial charge in [-0.2, -0.15) is 0 Å². The minimum Gasteiger partial charge on any atom is -0.380 e. The first kappa shape index (κ1) is 17.8. The highest BCUT2D eigenvalue weighted by Crippen LogP contribution is 2.46. The molecule has 2 aromatic heterocycles. The second-order valence-electron chi connectivity index (χ2n) is 6.37. The summed E-state index contributed by atoms with van der Waals surface area (Å²) in [5.41, 5.74) is 5.36. The van der Waals surface area contributed by atoms with E-state index in [1.54, 1.807) is 31.3 Å². The van der Waals surface area contributed by atoms with Gasteiger partial charge in [0.1, 0.15) is 11.8 Å². The van der Waals surface area contributed by atoms with Crippen LogP contribution in [0.4, 0.5) is 17.2 Å². The average molecular weight is 379 g/mol. The lowest BCUT2D eigenvalue weighted by Gasteiger charge is -2.30. The summed E-state index contributed by atoms with van der Waals surface area (Å²) in [4.78, 5) is 16.7. The standard InChI is InChI=1S/C20H21N5OS/c1-13-4-6-16(14(2)24-13)23-11-15-5-7-18-17(10-15)25(12-26-3)19-20(27-18)22-9-8-21-19/h4-10,23H,11-12H2,1-3H3. The summed E-state index contributed by atoms with van der Waals surface area (Å²) in [6.07, 6.45) is 3.43. The van der Waals surface area contributed by atoms with Gasteiger partial charge < -0.3 is 10.1 Å². The van der Waals surface area contributed by atoms with Gasteiger partial charge in [0.15, 0.2) is 5.82 Å². The van der Waals surface area contributed by atoms with Crippen LogP contribution in [-0.4, -0.2) is 28.8 Å². The Kier molecular flexibility index (Phi) is 4.96. The highest BCUT2D eigenvalue weighted by atomic mass is 32.2. The van der Waals surface area contributed by atoms with E-state index in [2.05, 4.69) is 49.4 Å². The molecule has 4 rings (SSSR count). The number of benzene rings is 1. The van der Waals surface area contributed by atoms with Crippen molar-refractivity contribution in [1.82, 2.24) is 15.0 Å². The molecule has 7 heteroatoms. The summed E-state index contributed by atoms with van der Waals surface area (Å²) in [5, 5.41) is 4.38. The molecule has 0 saturated carbocycles. The third-order valence-corrected chi connectivity index (χ3v) is 5.44. The molecule has 1 aromatic carbocycles. The summed E-state index contributed by atoms with van der Waals surface area (Å²) in [7, 11) is 1.69. The number of aryl methyl sites for hydroxylation is 2. The van der Waals surface area contributed by atoms with E-state index < -0.39 is 0 Å². The number of anilines is 3. The fourth-order valence-corrected chi connectivity index (χ4v) is 4.08. The largest absolute Gasteiger partial charge is 0.380 e. The molecule has 3 aromatic rings. The van der Waals surface area contributed by atoms with E-state index in [1.807, 2.05) is 19.9 Å². The predicted molar refractivity (Wildman–Crippen MR) is 108 cm³/mol. The van der Waals surface area contributed by atoms with Crippen LogP contribution in [0, 0.1) is 13.8 Å². The molecular formula is C20H21N5OS. The van der Waals surface area contributed by atoms with Gasteiger partial charge in [-0.15, -0.1) is 0 Å². The Morgan fingerprint density at radius 2 is 1.96 bits per heavy atom. The Labute approximate surface area is 163 Å². The van der Waals surface area contributed by atoms with Crippen LogP contribution in [0.1, 0.15) is 17.0 Å². The molecule has 27 heavy (non-hydrogen) atoms. The molecule has 6 nitrogen and oxygen atoms in total. The molecule has 0 saturated heterocycles. The number of nitrogens with one attached hydrogen (secondary N) is 1. The van der Waals surface area contributed by atoms with Gasteiger partial charge in [-0.25, -0.2) is 9.97 Å². The number of hydrogen-bond acceptors (Lipinski definition) is 7. The number of pyridine rings is 1. The average Bonchev–Trinajstić information content (AvgIpc) is 2.67. The zero-order valence-electron chi connectivity index (χ0n) is 15.6. The number of aromatic nitrogens is 3. The number of methoxy groups -OCH3 is 1. The highest BCUT2D eigenvalue weighted by molar-refractivity contribution is 7.99. The van der Waals surface area contributed by atoms with Crippen molar-refractivity contribution in [3.8, 4) is 0 Å². The van der Waals surface area contributed by atoms with Crippen molar-refractivity contribution in [2.45, 2.75) is 30.3 Å². The quantitative estimate of drug-likeness (QED) is 0.709. The fourth-order valence-electron chi connectivity index (χ4n) is 3.09. The summed E-state index contributed by atoms with van der Waals surface area (Å²) in [5.74, 6) is 0.834. The maximum atomic E-state index is 5.42. The van der Waals surface area contributed by atoms with Gasteiger partial charge in [-0.3, -0.25) is 9.88 Å². The van der Waals surface area contributed by atoms with Crippen LogP contribution < -0.4 is 10.2 Å². The summed E-state index contributed by atoms with van der Waals surface area (Å²) in [6, 6.07) is 10.6. The van der Waals surface area contributed by atoms with Crippen LogP contribution in [0.15, 0.2) is 52.6 Å². The topological polar surface area (TPSA) is 63.2 Å². The number of rotatable bonds is 5. The second-order valence-corrected chi connectivity index (χ2v) is 7.40. The molecule has 0 spiro atoms. The van der Waals surface area contributed by atoms with E-state index in [0.29, 0.717) is 6.73 Å². The molecule has 0 atom stereocenters. The van der Waals surface area contributed by atoms with Gasteiger partial charge in [0.25, 0.3) is 0 Å². The molecule has 0 radical (unpaired) electrons. The minimum absolute atomic E-state index is 0.428. The zero-order valence-corrected chi connectivity index (χ0v) is 16.4. The van der Waals surface area contributed by atoms with Crippen molar-refractivity contribution < 1.29 is 4.74 Å². The summed E-state index contributed by atoms with van der Waals surface area (Å²) in [6.45, 7) is 5.17. The Morgan fingerprint density at radius 3 is 2.78 bits per heavy atom. The van der Waals surface area contributed by atoms with Crippen molar-refractivity contribution in [2.75, 3.05) is 24.1 Å². The monoisotopic (exact) mass is 379 g/mol. The molecule has 1 aliphatic heterocycles. The van der Waals surface area contributed by atoms with Gasteiger partial charge in [0, 0.05) is 36.6 Å². The van der Waals surface area contributed by atoms with E-state index in [1.165, 1.54) is 5.56 Å². The third kappa shape index (κ3) is 3.61. The molecular weight excluding hydrogens is 358 g/mol. The molecule has 0 unspecified atom stereocenters. The van der Waals surface area contributed by atoms with Crippen LogP contribution >= 0.6 is 11.8 Å². The molecule has 0 amide bonds. The van der Waals surface area contributed by atoms with Gasteiger partial charge in [0.2, 0.25) is 0 Å². The maximum Gasteiger partial charge on any atom is 0.168 e. The van der Waals surface area contributed by atoms with Crippen molar-refractivity contribution in [1.29, 1.82) is 0 Å². The van der Waals surface area contributed by atoms with E-state index in [0.717, 1.165) is 45.0 Å². The van der Waals surface area contributed by atoms with Crippen molar-refractivity contribution >= 4 is 29.0 Å². The molecule has 1 aliphatic rings. The molecule has 1 N–H and O–H groups in total. The van der Waals surface area contributed by atoms with Gasteiger partial charge in [-0.1, -0.05) is 17.8 Å². The second kappa shape index (κ2) is 7.54. The Morgan fingerprint density at radius 1 is 1.11 bits per heavy atom. The SMILES string of the molecule is COCN1c2cc(CNc3ccc(C)nc3C)ccc2Sc2nccnc21. The lowest BCUT2D eigenvalue weighted by molar-refractivity contribution is 0.204. The van der Waals surface area contributed by atoms with Gasteiger partial charge >= 0.3 is 0 Å². The van der Waals surface area contributed by atoms with Crippen molar-refractivity contribution in [2.24, 2.45) is 0 Å². The molecule has 0 fully saturated rings. The van der Waals surface area contributed by atoms with Gasteiger partial charge in [0.05, 0.1) is 17.1 Å². The summed E-state index contributed by atoms with van der Waals surface area (Å²) < 4.78 is 5.42. The molecule has 0 bridgehead atoms. The summed E-state index contributed by atoms with van der Waals surface area (Å²) >= 11 is 1.64. The minimum atomic E-state index is 0.428. The first-order chi connectivity index (χ1) is 13.2. The number of nitrogens with zero attached hydrogens (tertiary/aromatic N) is 4. The van der Waals surface area contributed by atoms with Crippen LogP contribution in [0.25, 0.3) is 0 Å². The lowest BCUT2D eigenvalue weighted by Crippen LogP contribution is -2.24. The third-order valence-electron chi connectivity index (χ3n) is 4.39. The van der Waals surface area contributed by atoms with Crippen molar-refractivity contribution in [3.05, 3.63) is 59.7 Å². The van der Waals surface area contributed by atoms with Crippen molar-refractivity contribution in [3.63, 3.8) is 0 Å². The van der Waals surface area contributed by atoms with Crippen LogP contribution in [-0.2, 0) is 11.3 Å². The van der Waals surface area contributed by atoms with E-state index >= 15 is 0 Å². The molecule has 0 aliphatic carbocycles. The Balaban J connectivity index is 1.60. The predicted octanol–water partition coefficient (Wildman–Crippen LogP) is 4.31. The number of ether oxygens (including phenoxy) is 1. The normalized spacial score (nSPS) is 12.5.